The third-order valence-electron chi connectivity index (χ3n) is 4.16. The van der Waals surface area contributed by atoms with Gasteiger partial charge in [-0.3, -0.25) is 4.79 Å². The normalized spacial score (nSPS) is 11.1. The Morgan fingerprint density at radius 1 is 1.18 bits per heavy atom. The number of rotatable bonds is 8. The lowest BCUT2D eigenvalue weighted by molar-refractivity contribution is -0.111. The Labute approximate surface area is 168 Å². The van der Waals surface area contributed by atoms with Crippen LogP contribution in [0.1, 0.15) is 30.5 Å². The maximum absolute atomic E-state index is 12.4. The minimum atomic E-state index is -2.95. The van der Waals surface area contributed by atoms with Gasteiger partial charge in [0.05, 0.1) is 7.11 Å². The number of benzene rings is 2. The maximum atomic E-state index is 12.4. The summed E-state index contributed by atoms with van der Waals surface area (Å²) in [5.74, 6) is -0.240. The molecule has 0 unspecified atom stereocenters. The van der Waals surface area contributed by atoms with Gasteiger partial charge in [0.25, 0.3) is 0 Å². The first-order valence-corrected chi connectivity index (χ1v) is 9.19. The van der Waals surface area contributed by atoms with Crippen molar-refractivity contribution in [2.24, 2.45) is 0 Å². The zero-order valence-electron chi connectivity index (χ0n) is 15.9. The van der Waals surface area contributed by atoms with E-state index in [1.54, 1.807) is 12.1 Å². The highest BCUT2D eigenvalue weighted by Crippen LogP contribution is 2.31. The Morgan fingerprint density at radius 2 is 1.93 bits per heavy atom. The van der Waals surface area contributed by atoms with Crippen LogP contribution in [0.5, 0.6) is 11.5 Å². The molecule has 0 bridgehead atoms. The quantitative estimate of drug-likeness (QED) is 0.566. The van der Waals surface area contributed by atoms with Gasteiger partial charge in [-0.25, -0.2) is 0 Å². The van der Waals surface area contributed by atoms with Crippen molar-refractivity contribution in [2.45, 2.75) is 33.3 Å². The van der Waals surface area contributed by atoms with Crippen molar-refractivity contribution in [3.63, 3.8) is 0 Å². The predicted molar refractivity (Wildman–Crippen MR) is 107 cm³/mol. The molecule has 2 aromatic carbocycles. The molecule has 7 heteroatoms. The number of aryl methyl sites for hydroxylation is 1. The largest absolute Gasteiger partial charge is 0.493 e. The van der Waals surface area contributed by atoms with Crippen molar-refractivity contribution in [2.75, 3.05) is 12.4 Å². The van der Waals surface area contributed by atoms with Crippen LogP contribution in [0.4, 0.5) is 14.5 Å². The van der Waals surface area contributed by atoms with Gasteiger partial charge < -0.3 is 14.8 Å². The lowest BCUT2D eigenvalue weighted by Gasteiger charge is -2.15. The highest BCUT2D eigenvalue weighted by Gasteiger charge is 2.13. The van der Waals surface area contributed by atoms with Crippen LogP contribution < -0.4 is 14.8 Å². The molecule has 2 rings (SSSR count). The number of halogens is 3. The SMILES string of the molecule is CCc1ccc(Cl)c(CC)c1NC(=O)/C=C/c1ccc(OC(F)F)c(OC)c1. The van der Waals surface area contributed by atoms with Crippen LogP contribution in [-0.4, -0.2) is 19.6 Å². The fraction of sp³-hybridized carbons (Fsp3) is 0.286. The molecule has 2 aromatic rings. The summed E-state index contributed by atoms with van der Waals surface area (Å²) in [6.45, 7) is 1.03. The second-order valence-electron chi connectivity index (χ2n) is 5.88. The van der Waals surface area contributed by atoms with E-state index < -0.39 is 6.61 Å². The van der Waals surface area contributed by atoms with Crippen LogP contribution in [0.2, 0.25) is 5.02 Å². The summed E-state index contributed by atoms with van der Waals surface area (Å²) in [5, 5.41) is 3.50. The van der Waals surface area contributed by atoms with Gasteiger partial charge in [0.1, 0.15) is 0 Å². The molecule has 0 aromatic heterocycles. The fourth-order valence-electron chi connectivity index (χ4n) is 2.78. The van der Waals surface area contributed by atoms with Crippen molar-refractivity contribution >= 4 is 29.3 Å². The van der Waals surface area contributed by atoms with Gasteiger partial charge in [-0.15, -0.1) is 0 Å². The highest BCUT2D eigenvalue weighted by atomic mass is 35.5. The number of hydrogen-bond donors (Lipinski definition) is 1. The molecule has 1 amide bonds. The van der Waals surface area contributed by atoms with Gasteiger partial charge in [-0.05, 0) is 53.8 Å². The van der Waals surface area contributed by atoms with Crippen molar-refractivity contribution in [1.82, 2.24) is 0 Å². The maximum Gasteiger partial charge on any atom is 0.387 e. The van der Waals surface area contributed by atoms with Gasteiger partial charge in [0.15, 0.2) is 11.5 Å². The first-order valence-electron chi connectivity index (χ1n) is 8.81. The smallest absolute Gasteiger partial charge is 0.387 e. The molecule has 0 aliphatic heterocycles. The predicted octanol–water partition coefficient (Wildman–Crippen LogP) is 5.73. The van der Waals surface area contributed by atoms with Crippen LogP contribution >= 0.6 is 11.6 Å². The topological polar surface area (TPSA) is 47.6 Å². The van der Waals surface area contributed by atoms with E-state index in [1.165, 1.54) is 25.3 Å². The lowest BCUT2D eigenvalue weighted by Crippen LogP contribution is -2.12. The first-order chi connectivity index (χ1) is 13.4. The van der Waals surface area contributed by atoms with E-state index in [9.17, 15) is 13.6 Å². The molecule has 150 valence electrons. The molecule has 0 atom stereocenters. The molecule has 0 radical (unpaired) electrons. The van der Waals surface area contributed by atoms with Gasteiger partial charge in [0.2, 0.25) is 5.91 Å². The van der Waals surface area contributed by atoms with E-state index in [0.717, 1.165) is 23.2 Å². The molecular formula is C21H22ClF2NO3. The number of anilines is 1. The van der Waals surface area contributed by atoms with E-state index in [4.69, 9.17) is 16.3 Å². The van der Waals surface area contributed by atoms with Crippen LogP contribution in [0, 0.1) is 0 Å². The summed E-state index contributed by atoms with van der Waals surface area (Å²) in [6.07, 6.45) is 4.37. The Hall–Kier alpha value is -2.60. The summed E-state index contributed by atoms with van der Waals surface area (Å²) < 4.78 is 34.2. The zero-order valence-corrected chi connectivity index (χ0v) is 16.6. The summed E-state index contributed by atoms with van der Waals surface area (Å²) in [6, 6.07) is 8.16. The van der Waals surface area contributed by atoms with Crippen molar-refractivity contribution in [3.8, 4) is 11.5 Å². The standard InChI is InChI=1S/C21H22ClF2NO3/c1-4-14-8-9-16(22)15(5-2)20(14)25-19(26)11-7-13-6-10-17(28-21(23)24)18(12-13)27-3/h6-12,21H,4-5H2,1-3H3,(H,25,26)/b11-7+. The van der Waals surface area contributed by atoms with Crippen LogP contribution in [0.25, 0.3) is 6.08 Å². The summed E-state index contributed by atoms with van der Waals surface area (Å²) in [7, 11) is 1.35. The van der Waals surface area contributed by atoms with E-state index in [2.05, 4.69) is 10.1 Å². The van der Waals surface area contributed by atoms with Crippen LogP contribution in [0.15, 0.2) is 36.4 Å². The molecule has 28 heavy (non-hydrogen) atoms. The van der Waals surface area contributed by atoms with Gasteiger partial charge in [-0.2, -0.15) is 8.78 Å². The number of alkyl halides is 2. The molecule has 1 N–H and O–H groups in total. The average Bonchev–Trinajstić information content (AvgIpc) is 2.67. The molecular weight excluding hydrogens is 388 g/mol. The lowest BCUT2D eigenvalue weighted by atomic mass is 10.0. The number of carbonyl (C=O) groups is 1. The number of ether oxygens (including phenoxy) is 2. The Kier molecular flexibility index (Phi) is 7.81. The molecule has 0 heterocycles. The van der Waals surface area contributed by atoms with E-state index in [-0.39, 0.29) is 17.4 Å². The fourth-order valence-corrected chi connectivity index (χ4v) is 3.08. The third-order valence-corrected chi connectivity index (χ3v) is 4.51. The number of nitrogens with one attached hydrogen (secondary N) is 1. The molecule has 0 fully saturated rings. The molecule has 0 spiro atoms. The van der Waals surface area contributed by atoms with Crippen molar-refractivity contribution in [1.29, 1.82) is 0 Å². The minimum Gasteiger partial charge on any atom is -0.493 e. The molecule has 4 nitrogen and oxygen atoms in total. The Balaban J connectivity index is 2.20. The number of carbonyl (C=O) groups excluding carboxylic acids is 1. The van der Waals surface area contributed by atoms with Crippen molar-refractivity contribution in [3.05, 3.63) is 58.1 Å². The first kappa shape index (κ1) is 21.7. The summed E-state index contributed by atoms with van der Waals surface area (Å²) in [4.78, 5) is 12.4. The average molecular weight is 410 g/mol. The summed E-state index contributed by atoms with van der Waals surface area (Å²) >= 11 is 6.25. The summed E-state index contributed by atoms with van der Waals surface area (Å²) in [5.41, 5.74) is 3.22. The van der Waals surface area contributed by atoms with E-state index >= 15 is 0 Å². The molecule has 0 saturated heterocycles. The molecule has 0 aliphatic rings. The van der Waals surface area contributed by atoms with Gasteiger partial charge in [-0.1, -0.05) is 37.6 Å². The Bertz CT molecular complexity index is 869. The number of methoxy groups -OCH3 is 1. The molecule has 0 saturated carbocycles. The Morgan fingerprint density at radius 3 is 2.54 bits per heavy atom. The van der Waals surface area contributed by atoms with Gasteiger partial charge >= 0.3 is 6.61 Å². The second kappa shape index (κ2) is 10.1. The number of hydrogen-bond acceptors (Lipinski definition) is 3. The second-order valence-corrected chi connectivity index (χ2v) is 6.29. The third kappa shape index (κ3) is 5.45. The number of amides is 1. The monoisotopic (exact) mass is 409 g/mol. The minimum absolute atomic E-state index is 0.0711. The zero-order chi connectivity index (χ0) is 20.7. The van der Waals surface area contributed by atoms with Gasteiger partial charge in [0, 0.05) is 16.8 Å². The van der Waals surface area contributed by atoms with Crippen LogP contribution in [0.3, 0.4) is 0 Å². The van der Waals surface area contributed by atoms with E-state index in [1.807, 2.05) is 26.0 Å². The van der Waals surface area contributed by atoms with E-state index in [0.29, 0.717) is 17.0 Å². The van der Waals surface area contributed by atoms with Crippen molar-refractivity contribution < 1.29 is 23.0 Å². The highest BCUT2D eigenvalue weighted by molar-refractivity contribution is 6.32. The van der Waals surface area contributed by atoms with Crippen LogP contribution in [-0.2, 0) is 17.6 Å². The molecule has 0 aliphatic carbocycles.